The van der Waals surface area contributed by atoms with Crippen LogP contribution in [0.25, 0.3) is 0 Å². The summed E-state index contributed by atoms with van der Waals surface area (Å²) in [6.07, 6.45) is 1.67. The predicted molar refractivity (Wildman–Crippen MR) is 91.8 cm³/mol. The molecule has 0 bridgehead atoms. The first kappa shape index (κ1) is 17.3. The number of thiazole rings is 1. The van der Waals surface area contributed by atoms with E-state index in [1.54, 1.807) is 36.6 Å². The topological polar surface area (TPSA) is 60.5 Å². The molecule has 5 nitrogen and oxygen atoms in total. The monoisotopic (exact) mass is 334 g/mol. The number of carbonyl (C=O) groups is 1. The van der Waals surface area contributed by atoms with Crippen molar-refractivity contribution < 1.29 is 14.3 Å². The first-order valence-electron chi connectivity index (χ1n) is 7.54. The number of nitrogens with zero attached hydrogens (tertiary/aromatic N) is 1. The quantitative estimate of drug-likeness (QED) is 0.845. The highest BCUT2D eigenvalue weighted by molar-refractivity contribution is 7.11. The third-order valence-corrected chi connectivity index (χ3v) is 4.62. The Bertz CT molecular complexity index is 682. The average molecular weight is 334 g/mol. The number of amides is 1. The van der Waals surface area contributed by atoms with Gasteiger partial charge in [-0.05, 0) is 25.5 Å². The fourth-order valence-electron chi connectivity index (χ4n) is 2.29. The van der Waals surface area contributed by atoms with Gasteiger partial charge >= 0.3 is 0 Å². The zero-order valence-electron chi connectivity index (χ0n) is 13.9. The van der Waals surface area contributed by atoms with Crippen LogP contribution in [0, 0.1) is 6.92 Å². The Hall–Kier alpha value is -2.08. The maximum atomic E-state index is 12.3. The predicted octanol–water partition coefficient (Wildman–Crippen LogP) is 3.00. The molecule has 0 aliphatic heterocycles. The van der Waals surface area contributed by atoms with Crippen molar-refractivity contribution in [3.8, 4) is 11.5 Å². The molecule has 1 aromatic heterocycles. The summed E-state index contributed by atoms with van der Waals surface area (Å²) in [6, 6.07) is 5.15. The Morgan fingerprint density at radius 3 is 2.70 bits per heavy atom. The van der Waals surface area contributed by atoms with Gasteiger partial charge in [-0.25, -0.2) is 4.98 Å². The fourth-order valence-corrected chi connectivity index (χ4v) is 3.31. The first-order chi connectivity index (χ1) is 11.1. The molecule has 1 heterocycles. The molecule has 1 aromatic carbocycles. The van der Waals surface area contributed by atoms with Gasteiger partial charge in [0.2, 0.25) is 0 Å². The van der Waals surface area contributed by atoms with Gasteiger partial charge in [0.15, 0.2) is 0 Å². The van der Waals surface area contributed by atoms with Crippen molar-refractivity contribution in [2.75, 3.05) is 20.8 Å². The SMILES string of the molecule is CCc1nc(CCNC(=O)c2ccc(OC)cc2OC)sc1C. The fraction of sp³-hybridized carbons (Fsp3) is 0.412. The summed E-state index contributed by atoms with van der Waals surface area (Å²) in [7, 11) is 3.12. The standard InChI is InChI=1S/C17H22N2O3S/c1-5-14-11(2)23-16(19-14)8-9-18-17(20)13-7-6-12(21-3)10-15(13)22-4/h6-7,10H,5,8-9H2,1-4H3,(H,18,20). The smallest absolute Gasteiger partial charge is 0.255 e. The molecule has 0 aliphatic carbocycles. The van der Waals surface area contributed by atoms with Gasteiger partial charge in [-0.15, -0.1) is 11.3 Å². The molecule has 0 aliphatic rings. The van der Waals surface area contributed by atoms with E-state index in [9.17, 15) is 4.79 Å². The van der Waals surface area contributed by atoms with Gasteiger partial charge in [0.1, 0.15) is 11.5 Å². The third kappa shape index (κ3) is 4.22. The molecule has 6 heteroatoms. The summed E-state index contributed by atoms with van der Waals surface area (Å²) in [6.45, 7) is 4.73. The highest BCUT2D eigenvalue weighted by atomic mass is 32.1. The second kappa shape index (κ2) is 7.97. The molecule has 0 radical (unpaired) electrons. The molecular weight excluding hydrogens is 312 g/mol. The van der Waals surface area contributed by atoms with Crippen molar-refractivity contribution in [3.05, 3.63) is 39.3 Å². The van der Waals surface area contributed by atoms with Gasteiger partial charge < -0.3 is 14.8 Å². The lowest BCUT2D eigenvalue weighted by Crippen LogP contribution is -2.26. The Balaban J connectivity index is 1.96. The summed E-state index contributed by atoms with van der Waals surface area (Å²) in [5.41, 5.74) is 1.64. The lowest BCUT2D eigenvalue weighted by Gasteiger charge is -2.10. The molecule has 1 amide bonds. The molecular formula is C17H22N2O3S. The highest BCUT2D eigenvalue weighted by Gasteiger charge is 2.13. The summed E-state index contributed by atoms with van der Waals surface area (Å²) in [5.74, 6) is 0.998. The minimum Gasteiger partial charge on any atom is -0.497 e. The van der Waals surface area contributed by atoms with Crippen molar-refractivity contribution in [1.29, 1.82) is 0 Å². The molecule has 0 fully saturated rings. The number of benzene rings is 1. The number of hydrogen-bond donors (Lipinski definition) is 1. The van der Waals surface area contributed by atoms with Gasteiger partial charge in [0.25, 0.3) is 5.91 Å². The van der Waals surface area contributed by atoms with Crippen molar-refractivity contribution >= 4 is 17.2 Å². The van der Waals surface area contributed by atoms with Crippen LogP contribution in [0.15, 0.2) is 18.2 Å². The van der Waals surface area contributed by atoms with Crippen LogP contribution in [0.2, 0.25) is 0 Å². The minimum atomic E-state index is -0.159. The van der Waals surface area contributed by atoms with Gasteiger partial charge in [-0.1, -0.05) is 6.92 Å². The second-order valence-corrected chi connectivity index (χ2v) is 6.32. The molecule has 0 atom stereocenters. The van der Waals surface area contributed by atoms with Crippen molar-refractivity contribution in [2.24, 2.45) is 0 Å². The van der Waals surface area contributed by atoms with Crippen molar-refractivity contribution in [2.45, 2.75) is 26.7 Å². The Kier molecular flexibility index (Phi) is 5.98. The largest absolute Gasteiger partial charge is 0.497 e. The maximum Gasteiger partial charge on any atom is 0.255 e. The summed E-state index contributed by atoms with van der Waals surface area (Å²) in [5, 5.41) is 3.97. The number of rotatable bonds is 7. The molecule has 2 aromatic rings. The van der Waals surface area contributed by atoms with Gasteiger partial charge in [-0.2, -0.15) is 0 Å². The van der Waals surface area contributed by atoms with Crippen LogP contribution in [0.1, 0.15) is 32.9 Å². The maximum absolute atomic E-state index is 12.3. The average Bonchev–Trinajstić information content (AvgIpc) is 2.93. The van der Waals surface area contributed by atoms with E-state index in [1.165, 1.54) is 12.0 Å². The number of carbonyl (C=O) groups excluding carboxylic acids is 1. The summed E-state index contributed by atoms with van der Waals surface area (Å²) >= 11 is 1.70. The van der Waals surface area contributed by atoms with Crippen LogP contribution in [-0.4, -0.2) is 31.7 Å². The number of aryl methyl sites for hydroxylation is 2. The van der Waals surface area contributed by atoms with Crippen LogP contribution in [0.4, 0.5) is 0 Å². The molecule has 0 unspecified atom stereocenters. The molecule has 0 saturated heterocycles. The van der Waals surface area contributed by atoms with E-state index in [-0.39, 0.29) is 5.91 Å². The third-order valence-electron chi connectivity index (χ3n) is 3.55. The Morgan fingerprint density at radius 1 is 1.30 bits per heavy atom. The molecule has 1 N–H and O–H groups in total. The molecule has 0 spiro atoms. The van der Waals surface area contributed by atoms with Crippen LogP contribution < -0.4 is 14.8 Å². The van der Waals surface area contributed by atoms with E-state index in [0.717, 1.165) is 23.5 Å². The second-order valence-electron chi connectivity index (χ2n) is 5.04. The van der Waals surface area contributed by atoms with Crippen molar-refractivity contribution in [1.82, 2.24) is 10.3 Å². The van der Waals surface area contributed by atoms with Crippen LogP contribution in [0.5, 0.6) is 11.5 Å². The lowest BCUT2D eigenvalue weighted by molar-refractivity contribution is 0.0951. The Labute approximate surface area is 140 Å². The zero-order chi connectivity index (χ0) is 16.8. The van der Waals surface area contributed by atoms with Gasteiger partial charge in [-0.3, -0.25) is 4.79 Å². The van der Waals surface area contributed by atoms with Crippen LogP contribution >= 0.6 is 11.3 Å². The molecule has 23 heavy (non-hydrogen) atoms. The van der Waals surface area contributed by atoms with E-state index in [4.69, 9.17) is 9.47 Å². The number of hydrogen-bond acceptors (Lipinski definition) is 5. The van der Waals surface area contributed by atoms with Crippen LogP contribution in [-0.2, 0) is 12.8 Å². The Morgan fingerprint density at radius 2 is 2.09 bits per heavy atom. The van der Waals surface area contributed by atoms with E-state index in [2.05, 4.69) is 24.1 Å². The number of nitrogens with one attached hydrogen (secondary N) is 1. The molecule has 0 saturated carbocycles. The van der Waals surface area contributed by atoms with Gasteiger partial charge in [0, 0.05) is 23.9 Å². The minimum absolute atomic E-state index is 0.159. The van der Waals surface area contributed by atoms with E-state index in [1.807, 2.05) is 0 Å². The number of methoxy groups -OCH3 is 2. The number of ether oxygens (including phenoxy) is 2. The highest BCUT2D eigenvalue weighted by Crippen LogP contribution is 2.24. The molecule has 124 valence electrons. The number of aromatic nitrogens is 1. The lowest BCUT2D eigenvalue weighted by atomic mass is 10.1. The van der Waals surface area contributed by atoms with Crippen LogP contribution in [0.3, 0.4) is 0 Å². The van der Waals surface area contributed by atoms with E-state index in [0.29, 0.717) is 23.6 Å². The summed E-state index contributed by atoms with van der Waals surface area (Å²) in [4.78, 5) is 18.1. The first-order valence-corrected chi connectivity index (χ1v) is 8.36. The zero-order valence-corrected chi connectivity index (χ0v) is 14.8. The molecule has 2 rings (SSSR count). The summed E-state index contributed by atoms with van der Waals surface area (Å²) < 4.78 is 10.4. The van der Waals surface area contributed by atoms with Gasteiger partial charge in [0.05, 0.1) is 30.5 Å². The van der Waals surface area contributed by atoms with E-state index >= 15 is 0 Å². The normalized spacial score (nSPS) is 10.4. The van der Waals surface area contributed by atoms with Crippen molar-refractivity contribution in [3.63, 3.8) is 0 Å². The van der Waals surface area contributed by atoms with E-state index < -0.39 is 0 Å².